The van der Waals surface area contributed by atoms with Crippen LogP contribution in [0, 0.1) is 13.8 Å². The van der Waals surface area contributed by atoms with Crippen LogP contribution in [-0.4, -0.2) is 44.9 Å². The van der Waals surface area contributed by atoms with Crippen LogP contribution in [0.2, 0.25) is 0 Å². The first-order chi connectivity index (χ1) is 15.3. The van der Waals surface area contributed by atoms with Crippen LogP contribution >= 0.6 is 0 Å². The number of benzene rings is 2. The molecule has 1 fully saturated rings. The number of sulfonamides is 1. The summed E-state index contributed by atoms with van der Waals surface area (Å²) in [6.45, 7) is 7.32. The number of nitrogens with one attached hydrogen (secondary N) is 1. The van der Waals surface area contributed by atoms with Crippen LogP contribution in [0.25, 0.3) is 0 Å². The van der Waals surface area contributed by atoms with E-state index in [1.54, 1.807) is 32.0 Å². The van der Waals surface area contributed by atoms with Crippen molar-refractivity contribution in [3.63, 3.8) is 0 Å². The Morgan fingerprint density at radius 3 is 1.97 bits per heavy atom. The first-order valence-corrected chi connectivity index (χ1v) is 14.0. The number of hydrogen-bond donors (Lipinski definition) is 1. The molecule has 0 aromatic heterocycles. The average molecular weight is 493 g/mol. The van der Waals surface area contributed by atoms with Gasteiger partial charge in [0.1, 0.15) is 0 Å². The van der Waals surface area contributed by atoms with Gasteiger partial charge in [0.25, 0.3) is 0 Å². The topological polar surface area (TPSA) is 101 Å². The number of rotatable bonds is 7. The third-order valence-corrected chi connectivity index (χ3v) is 11.2. The number of amides is 1. The first-order valence-electron chi connectivity index (χ1n) is 11.0. The Labute approximate surface area is 197 Å². The van der Waals surface area contributed by atoms with Crippen LogP contribution in [-0.2, 0) is 24.7 Å². The van der Waals surface area contributed by atoms with E-state index in [0.29, 0.717) is 18.5 Å². The van der Waals surface area contributed by atoms with E-state index in [1.165, 1.54) is 35.6 Å². The van der Waals surface area contributed by atoms with Gasteiger partial charge in [-0.25, -0.2) is 16.8 Å². The lowest BCUT2D eigenvalue weighted by molar-refractivity contribution is -0.118. The molecular weight excluding hydrogens is 460 g/mol. The fraction of sp³-hybridized carbons (Fsp3) is 0.458. The molecule has 2 aromatic rings. The highest BCUT2D eigenvalue weighted by Gasteiger charge is 2.53. The second-order valence-corrected chi connectivity index (χ2v) is 13.3. The predicted octanol–water partition coefficient (Wildman–Crippen LogP) is 4.06. The molecule has 0 bridgehead atoms. The summed E-state index contributed by atoms with van der Waals surface area (Å²) in [5.41, 5.74) is 2.19. The molecule has 7 nitrogen and oxygen atoms in total. The van der Waals surface area contributed by atoms with Crippen LogP contribution in [0.4, 0.5) is 5.69 Å². The molecule has 2 aromatic carbocycles. The van der Waals surface area contributed by atoms with Crippen LogP contribution in [0.3, 0.4) is 0 Å². The van der Waals surface area contributed by atoms with E-state index in [1.807, 2.05) is 13.8 Å². The molecule has 9 heteroatoms. The second kappa shape index (κ2) is 9.19. The van der Waals surface area contributed by atoms with Gasteiger partial charge in [-0.05, 0) is 88.1 Å². The maximum Gasteiger partial charge on any atom is 0.246 e. The monoisotopic (exact) mass is 492 g/mol. The largest absolute Gasteiger partial charge is 0.325 e. The van der Waals surface area contributed by atoms with Gasteiger partial charge in [0, 0.05) is 18.8 Å². The number of nitrogens with zero attached hydrogens (tertiary/aromatic N) is 1. The number of sulfone groups is 1. The van der Waals surface area contributed by atoms with Crippen LogP contribution in [0.5, 0.6) is 0 Å². The fourth-order valence-electron chi connectivity index (χ4n) is 4.07. The Kier molecular flexibility index (Phi) is 7.07. The van der Waals surface area contributed by atoms with Gasteiger partial charge in [0.05, 0.1) is 9.79 Å². The molecule has 1 aliphatic rings. The Hall–Kier alpha value is -2.23. The van der Waals surface area contributed by atoms with E-state index in [9.17, 15) is 21.6 Å². The summed E-state index contributed by atoms with van der Waals surface area (Å²) >= 11 is 0. The summed E-state index contributed by atoms with van der Waals surface area (Å²) in [4.78, 5) is 13.6. The number of anilines is 1. The Bertz CT molecular complexity index is 1240. The van der Waals surface area contributed by atoms with Crippen LogP contribution in [0.15, 0.2) is 52.3 Å². The summed E-state index contributed by atoms with van der Waals surface area (Å²) in [5, 5.41) is 2.73. The highest BCUT2D eigenvalue weighted by molar-refractivity contribution is 7.93. The zero-order chi connectivity index (χ0) is 24.6. The van der Waals surface area contributed by atoms with Gasteiger partial charge in [0.15, 0.2) is 14.6 Å². The van der Waals surface area contributed by atoms with E-state index in [4.69, 9.17) is 0 Å². The third kappa shape index (κ3) is 4.58. The number of hydrogen-bond acceptors (Lipinski definition) is 5. The van der Waals surface area contributed by atoms with Gasteiger partial charge in [-0.3, -0.25) is 4.79 Å². The molecule has 0 aliphatic heterocycles. The van der Waals surface area contributed by atoms with E-state index >= 15 is 0 Å². The lowest BCUT2D eigenvalue weighted by atomic mass is 10.1. The van der Waals surface area contributed by atoms with E-state index in [2.05, 4.69) is 5.32 Å². The van der Waals surface area contributed by atoms with Gasteiger partial charge in [-0.15, -0.1) is 0 Å². The standard InChI is InChI=1S/C24H32N2O5S2/c1-17(2)26(5)33(30,31)21-12-9-20(10-13-21)25-23(27)24(14-6-7-15-24)32(28,29)22-11-8-18(3)19(4)16-22/h8-13,16-17H,6-7,14-15H2,1-5H3,(H,25,27). The minimum Gasteiger partial charge on any atom is -0.325 e. The zero-order valence-corrected chi connectivity index (χ0v) is 21.4. The molecule has 1 saturated carbocycles. The minimum atomic E-state index is -3.93. The molecular formula is C24H32N2O5S2. The van der Waals surface area contributed by atoms with Crippen molar-refractivity contribution in [2.75, 3.05) is 12.4 Å². The first kappa shape index (κ1) is 25.4. The molecule has 33 heavy (non-hydrogen) atoms. The summed E-state index contributed by atoms with van der Waals surface area (Å²) in [7, 11) is -6.07. The van der Waals surface area contributed by atoms with Crippen molar-refractivity contribution in [3.8, 4) is 0 Å². The molecule has 3 rings (SSSR count). The van der Waals surface area contributed by atoms with E-state index < -0.39 is 30.5 Å². The summed E-state index contributed by atoms with van der Waals surface area (Å²) in [6, 6.07) is 10.6. The molecule has 0 saturated heterocycles. The average Bonchev–Trinajstić information content (AvgIpc) is 3.27. The minimum absolute atomic E-state index is 0.107. The molecule has 1 amide bonds. The van der Waals surface area contributed by atoms with Crippen molar-refractivity contribution < 1.29 is 21.6 Å². The quantitative estimate of drug-likeness (QED) is 0.628. The van der Waals surface area contributed by atoms with Crippen molar-refractivity contribution in [2.45, 2.75) is 74.0 Å². The molecule has 0 spiro atoms. The third-order valence-electron chi connectivity index (χ3n) is 6.64. The lowest BCUT2D eigenvalue weighted by Gasteiger charge is -2.28. The summed E-state index contributed by atoms with van der Waals surface area (Å²) in [5.74, 6) is -0.576. The lowest BCUT2D eigenvalue weighted by Crippen LogP contribution is -2.47. The van der Waals surface area contributed by atoms with Gasteiger partial charge >= 0.3 is 0 Å². The Balaban J connectivity index is 1.90. The molecule has 0 radical (unpaired) electrons. The van der Waals surface area contributed by atoms with Gasteiger partial charge in [-0.1, -0.05) is 18.9 Å². The van der Waals surface area contributed by atoms with Crippen LogP contribution in [0.1, 0.15) is 50.7 Å². The molecule has 1 aliphatic carbocycles. The van der Waals surface area contributed by atoms with Crippen LogP contribution < -0.4 is 5.32 Å². The molecule has 0 atom stereocenters. The molecule has 1 N–H and O–H groups in total. The summed E-state index contributed by atoms with van der Waals surface area (Å²) in [6.07, 6.45) is 1.80. The Morgan fingerprint density at radius 1 is 0.909 bits per heavy atom. The van der Waals surface area contributed by atoms with Gasteiger partial charge < -0.3 is 5.32 Å². The second-order valence-electron chi connectivity index (χ2n) is 9.04. The Morgan fingerprint density at radius 2 is 1.45 bits per heavy atom. The zero-order valence-electron chi connectivity index (χ0n) is 19.8. The van der Waals surface area contributed by atoms with Crippen molar-refractivity contribution in [1.82, 2.24) is 4.31 Å². The molecule has 0 unspecified atom stereocenters. The number of aryl methyl sites for hydroxylation is 2. The van der Waals surface area contributed by atoms with Crippen molar-refractivity contribution in [3.05, 3.63) is 53.6 Å². The normalized spacial score (nSPS) is 16.3. The van der Waals surface area contributed by atoms with Crippen molar-refractivity contribution >= 4 is 31.5 Å². The number of carbonyl (C=O) groups is 1. The van der Waals surface area contributed by atoms with Crippen molar-refractivity contribution in [2.24, 2.45) is 0 Å². The SMILES string of the molecule is Cc1ccc(S(=O)(=O)C2(C(=O)Nc3ccc(S(=O)(=O)N(C)C(C)C)cc3)CCCC2)cc1C. The highest BCUT2D eigenvalue weighted by atomic mass is 32.2. The van der Waals surface area contributed by atoms with Gasteiger partial charge in [0.2, 0.25) is 15.9 Å². The van der Waals surface area contributed by atoms with E-state index in [0.717, 1.165) is 11.1 Å². The molecule has 180 valence electrons. The van der Waals surface area contributed by atoms with Crippen molar-refractivity contribution in [1.29, 1.82) is 0 Å². The van der Waals surface area contributed by atoms with E-state index in [-0.39, 0.29) is 28.7 Å². The maximum absolute atomic E-state index is 13.6. The van der Waals surface area contributed by atoms with Gasteiger partial charge in [-0.2, -0.15) is 4.31 Å². The fourth-order valence-corrected chi connectivity index (χ4v) is 7.59. The summed E-state index contributed by atoms with van der Waals surface area (Å²) < 4.78 is 52.3. The predicted molar refractivity (Wildman–Crippen MR) is 129 cm³/mol. The number of carbonyl (C=O) groups excluding carboxylic acids is 1. The maximum atomic E-state index is 13.6. The highest BCUT2D eigenvalue weighted by Crippen LogP contribution is 2.41. The smallest absolute Gasteiger partial charge is 0.246 e. The molecule has 0 heterocycles.